The minimum Gasteiger partial charge on any atom is -0.380 e. The van der Waals surface area contributed by atoms with Crippen LogP contribution in [0.5, 0.6) is 0 Å². The molecule has 28 heavy (non-hydrogen) atoms. The first-order chi connectivity index (χ1) is 13.7. The lowest BCUT2D eigenvalue weighted by atomic mass is 9.83. The fourth-order valence-electron chi connectivity index (χ4n) is 5.18. The van der Waals surface area contributed by atoms with E-state index in [1.807, 2.05) is 18.0 Å². The van der Waals surface area contributed by atoms with E-state index in [-0.39, 0.29) is 12.0 Å². The average Bonchev–Trinajstić information content (AvgIpc) is 3.40. The van der Waals surface area contributed by atoms with Crippen LogP contribution in [0.25, 0.3) is 10.1 Å². The van der Waals surface area contributed by atoms with Crippen LogP contribution >= 0.6 is 11.5 Å². The Labute approximate surface area is 170 Å². The Morgan fingerprint density at radius 1 is 1.21 bits per heavy atom. The summed E-state index contributed by atoms with van der Waals surface area (Å²) >= 11 is 1.45. The summed E-state index contributed by atoms with van der Waals surface area (Å²) in [5.74, 6) is 0.702. The highest BCUT2D eigenvalue weighted by molar-refractivity contribution is 7.14. The Morgan fingerprint density at radius 2 is 2.04 bits per heavy atom. The van der Waals surface area contributed by atoms with Crippen molar-refractivity contribution < 1.29 is 9.53 Å². The molecule has 1 aromatic heterocycles. The summed E-state index contributed by atoms with van der Waals surface area (Å²) in [6.07, 6.45) is 3.74. The van der Waals surface area contributed by atoms with E-state index in [1.165, 1.54) is 43.2 Å². The van der Waals surface area contributed by atoms with Crippen molar-refractivity contribution in [2.75, 3.05) is 51.8 Å². The molecular formula is C21H28N4O2S. The molecule has 4 aliphatic rings. The van der Waals surface area contributed by atoms with Crippen LogP contribution in [0.2, 0.25) is 0 Å². The normalized spacial score (nSPS) is 29.6. The number of rotatable bonds is 4. The van der Waals surface area contributed by atoms with Crippen molar-refractivity contribution >= 4 is 33.2 Å². The SMILES string of the molecule is CO[C@H]1CCN(c2cccc3c(C(=O)N(C)C4CN5CCC4CC5)nsc23)C1. The maximum atomic E-state index is 13.3. The summed E-state index contributed by atoms with van der Waals surface area (Å²) in [6.45, 7) is 5.26. The number of likely N-dealkylation sites (N-methyl/N-ethyl adjacent to an activating group) is 1. The van der Waals surface area contributed by atoms with Gasteiger partial charge >= 0.3 is 0 Å². The molecule has 4 saturated heterocycles. The highest BCUT2D eigenvalue weighted by Gasteiger charge is 2.38. The van der Waals surface area contributed by atoms with E-state index in [0.29, 0.717) is 17.7 Å². The predicted octanol–water partition coefficient (Wildman–Crippen LogP) is 2.69. The van der Waals surface area contributed by atoms with Crippen LogP contribution in [0.4, 0.5) is 5.69 Å². The van der Waals surface area contributed by atoms with Gasteiger partial charge in [0.2, 0.25) is 0 Å². The van der Waals surface area contributed by atoms with Gasteiger partial charge in [-0.15, -0.1) is 0 Å². The first-order valence-corrected chi connectivity index (χ1v) is 11.1. The third-order valence-corrected chi connectivity index (χ3v) is 7.82. The monoisotopic (exact) mass is 400 g/mol. The van der Waals surface area contributed by atoms with Gasteiger partial charge in [-0.25, -0.2) is 0 Å². The zero-order valence-corrected chi connectivity index (χ0v) is 17.5. The van der Waals surface area contributed by atoms with Crippen molar-refractivity contribution in [3.05, 3.63) is 23.9 Å². The number of hydrogen-bond acceptors (Lipinski definition) is 6. The molecule has 1 amide bonds. The van der Waals surface area contributed by atoms with Gasteiger partial charge in [0.1, 0.15) is 5.69 Å². The van der Waals surface area contributed by atoms with Crippen LogP contribution in [0.3, 0.4) is 0 Å². The van der Waals surface area contributed by atoms with Crippen LogP contribution in [0.1, 0.15) is 29.8 Å². The third-order valence-electron chi connectivity index (χ3n) is 6.94. The van der Waals surface area contributed by atoms with Gasteiger partial charge in [-0.2, -0.15) is 4.37 Å². The summed E-state index contributed by atoms with van der Waals surface area (Å²) in [5, 5.41) is 0.987. The second-order valence-corrected chi connectivity index (χ2v) is 9.17. The summed E-state index contributed by atoms with van der Waals surface area (Å²) in [7, 11) is 3.75. The number of carbonyl (C=O) groups is 1. The van der Waals surface area contributed by atoms with Crippen molar-refractivity contribution in [2.24, 2.45) is 5.92 Å². The topological polar surface area (TPSA) is 48.9 Å². The lowest BCUT2D eigenvalue weighted by Gasteiger charge is -2.47. The molecule has 0 radical (unpaired) electrons. The predicted molar refractivity (Wildman–Crippen MR) is 112 cm³/mol. The Kier molecular flexibility index (Phi) is 4.77. The van der Waals surface area contributed by atoms with Crippen molar-refractivity contribution in [1.82, 2.24) is 14.2 Å². The van der Waals surface area contributed by atoms with Crippen LogP contribution in [0.15, 0.2) is 18.2 Å². The minimum absolute atomic E-state index is 0.0679. The number of piperidine rings is 3. The number of carbonyl (C=O) groups excluding carboxylic acids is 1. The van der Waals surface area contributed by atoms with E-state index in [9.17, 15) is 4.79 Å². The summed E-state index contributed by atoms with van der Waals surface area (Å²) in [6, 6.07) is 6.56. The van der Waals surface area contributed by atoms with Gasteiger partial charge in [0.25, 0.3) is 5.91 Å². The van der Waals surface area contributed by atoms with E-state index in [1.54, 1.807) is 7.11 Å². The number of benzene rings is 1. The smallest absolute Gasteiger partial charge is 0.274 e. The van der Waals surface area contributed by atoms with Gasteiger partial charge in [-0.3, -0.25) is 4.79 Å². The van der Waals surface area contributed by atoms with Crippen molar-refractivity contribution in [3.63, 3.8) is 0 Å². The standard InChI is InChI=1S/C21H28N4O2S/c1-23(18-13-24-9-6-14(18)7-10-24)21(26)19-16-4-3-5-17(20(16)28-22-19)25-11-8-15(12-25)27-2/h3-5,14-15,18H,6-13H2,1-2H3/t15-,18?/m0/s1. The number of methoxy groups -OCH3 is 1. The Hall–Kier alpha value is -1.70. The first-order valence-electron chi connectivity index (χ1n) is 10.3. The molecule has 5 heterocycles. The lowest BCUT2D eigenvalue weighted by molar-refractivity contribution is 0.0161. The van der Waals surface area contributed by atoms with E-state index >= 15 is 0 Å². The van der Waals surface area contributed by atoms with Gasteiger partial charge < -0.3 is 19.4 Å². The third kappa shape index (κ3) is 3.00. The zero-order valence-electron chi connectivity index (χ0n) is 16.6. The largest absolute Gasteiger partial charge is 0.380 e. The van der Waals surface area contributed by atoms with Crippen molar-refractivity contribution in [3.8, 4) is 0 Å². The number of aromatic nitrogens is 1. The highest BCUT2D eigenvalue weighted by atomic mass is 32.1. The molecule has 4 aliphatic heterocycles. The Bertz CT molecular complexity index is 876. The van der Waals surface area contributed by atoms with Gasteiger partial charge in [0, 0.05) is 45.2 Å². The first kappa shape index (κ1) is 18.3. The second-order valence-electron chi connectivity index (χ2n) is 8.40. The maximum Gasteiger partial charge on any atom is 0.274 e. The minimum atomic E-state index is 0.0679. The average molecular weight is 401 g/mol. The molecule has 0 spiro atoms. The van der Waals surface area contributed by atoms with Crippen molar-refractivity contribution in [2.45, 2.75) is 31.4 Å². The second kappa shape index (κ2) is 7.28. The number of ether oxygens (including phenoxy) is 1. The number of hydrogen-bond donors (Lipinski definition) is 0. The molecule has 2 aromatic rings. The molecule has 6 nitrogen and oxygen atoms in total. The van der Waals surface area contributed by atoms with Crippen LogP contribution in [0, 0.1) is 5.92 Å². The lowest BCUT2D eigenvalue weighted by Crippen LogP contribution is -2.57. The van der Waals surface area contributed by atoms with E-state index < -0.39 is 0 Å². The molecule has 0 N–H and O–H groups in total. The summed E-state index contributed by atoms with van der Waals surface area (Å²) in [4.78, 5) is 20.2. The molecule has 7 heteroatoms. The van der Waals surface area contributed by atoms with E-state index in [4.69, 9.17) is 4.74 Å². The van der Waals surface area contributed by atoms with Crippen LogP contribution < -0.4 is 4.90 Å². The van der Waals surface area contributed by atoms with E-state index in [0.717, 1.165) is 36.1 Å². The molecule has 150 valence electrons. The van der Waals surface area contributed by atoms with Gasteiger partial charge in [0.05, 0.1) is 16.5 Å². The van der Waals surface area contributed by atoms with Crippen molar-refractivity contribution in [1.29, 1.82) is 0 Å². The molecule has 2 atom stereocenters. The van der Waals surface area contributed by atoms with E-state index in [2.05, 4.69) is 26.3 Å². The number of nitrogens with zero attached hydrogens (tertiary/aromatic N) is 4. The number of amides is 1. The molecule has 0 saturated carbocycles. The molecule has 1 aromatic carbocycles. The van der Waals surface area contributed by atoms with Gasteiger partial charge in [0.15, 0.2) is 0 Å². The Balaban J connectivity index is 1.42. The quantitative estimate of drug-likeness (QED) is 0.790. The van der Waals surface area contributed by atoms with Crippen LogP contribution in [-0.4, -0.2) is 79.1 Å². The maximum absolute atomic E-state index is 13.3. The molecule has 1 unspecified atom stereocenters. The fraction of sp³-hybridized carbons (Fsp3) is 0.619. The number of fused-ring (bicyclic) bond motifs is 4. The zero-order chi connectivity index (χ0) is 19.3. The number of anilines is 1. The molecular weight excluding hydrogens is 372 g/mol. The summed E-state index contributed by atoms with van der Waals surface area (Å²) in [5.41, 5.74) is 1.79. The van der Waals surface area contributed by atoms with Gasteiger partial charge in [-0.05, 0) is 55.9 Å². The molecule has 0 aliphatic carbocycles. The fourth-order valence-corrected chi connectivity index (χ4v) is 6.09. The summed E-state index contributed by atoms with van der Waals surface area (Å²) < 4.78 is 11.3. The Morgan fingerprint density at radius 3 is 2.71 bits per heavy atom. The molecule has 2 bridgehead atoms. The van der Waals surface area contributed by atoms with Crippen LogP contribution in [-0.2, 0) is 4.74 Å². The highest BCUT2D eigenvalue weighted by Crippen LogP contribution is 2.36. The molecule has 6 rings (SSSR count). The van der Waals surface area contributed by atoms with Gasteiger partial charge in [-0.1, -0.05) is 12.1 Å². The molecule has 4 fully saturated rings.